The predicted octanol–water partition coefficient (Wildman–Crippen LogP) is 20.6. The Bertz CT molecular complexity index is 3260. The Labute approximate surface area is 530 Å². The number of hydrogen-bond acceptors (Lipinski definition) is 8. The van der Waals surface area contributed by atoms with Gasteiger partial charge in [0.2, 0.25) is 0 Å². The molecule has 8 nitrogen and oxygen atoms in total. The minimum atomic E-state index is -0.269. The molecule has 0 bridgehead atoms. The molecule has 476 valence electrons. The van der Waals surface area contributed by atoms with E-state index in [1.807, 2.05) is 97.1 Å². The van der Waals surface area contributed by atoms with E-state index in [4.69, 9.17) is 37.9 Å². The summed E-state index contributed by atoms with van der Waals surface area (Å²) in [5.41, 5.74) is 12.4. The Kier molecular flexibility index (Phi) is 26.8. The molecule has 4 aliphatic rings. The smallest absolute Gasteiger partial charge is 0.183 e. The van der Waals surface area contributed by atoms with Gasteiger partial charge < -0.3 is 37.9 Å². The zero-order valence-electron chi connectivity index (χ0n) is 52.6. The first-order valence-electron chi connectivity index (χ1n) is 32.4. The second kappa shape index (κ2) is 35.7. The lowest BCUT2D eigenvalue weighted by Gasteiger charge is -2.29. The molecule has 4 fully saturated rings. The van der Waals surface area contributed by atoms with E-state index in [9.17, 15) is 17.6 Å². The van der Waals surface area contributed by atoms with E-state index in [0.717, 1.165) is 139 Å². The van der Waals surface area contributed by atoms with Crippen LogP contribution in [-0.2, 0) is 37.9 Å². The van der Waals surface area contributed by atoms with Gasteiger partial charge in [0.05, 0.1) is 52.9 Å². The number of halogens is 4. The maximum absolute atomic E-state index is 13.0. The largest absolute Gasteiger partial charge is 0.348 e. The highest BCUT2D eigenvalue weighted by Crippen LogP contribution is 2.34. The Hall–Kier alpha value is -6.84. The fourth-order valence-electron chi connectivity index (χ4n) is 11.2. The third-order valence-corrected chi connectivity index (χ3v) is 16.8. The van der Waals surface area contributed by atoms with E-state index < -0.39 is 0 Å². The van der Waals surface area contributed by atoms with Crippen LogP contribution in [0.3, 0.4) is 0 Å². The van der Waals surface area contributed by atoms with Gasteiger partial charge in [-0.1, -0.05) is 212 Å². The molecule has 0 aliphatic carbocycles. The van der Waals surface area contributed by atoms with Crippen LogP contribution < -0.4 is 0 Å². The van der Waals surface area contributed by atoms with Crippen molar-refractivity contribution >= 4 is 0 Å². The molecule has 4 aliphatic heterocycles. The van der Waals surface area contributed by atoms with Gasteiger partial charge in [0.25, 0.3) is 0 Å². The van der Waals surface area contributed by atoms with Gasteiger partial charge in [-0.3, -0.25) is 0 Å². The fraction of sp³-hybridized carbons (Fsp3) is 0.385. The quantitative estimate of drug-likeness (QED) is 0.0621. The van der Waals surface area contributed by atoms with Crippen LogP contribution in [0.4, 0.5) is 17.6 Å². The molecule has 12 rings (SSSR count). The van der Waals surface area contributed by atoms with E-state index in [2.05, 4.69) is 27.7 Å². The van der Waals surface area contributed by atoms with Crippen molar-refractivity contribution in [1.82, 2.24) is 0 Å². The molecule has 0 unspecified atom stereocenters. The normalized spacial score (nSPS) is 21.5. The van der Waals surface area contributed by atoms with Gasteiger partial charge >= 0.3 is 0 Å². The van der Waals surface area contributed by atoms with E-state index >= 15 is 0 Å². The van der Waals surface area contributed by atoms with Crippen LogP contribution in [0.5, 0.6) is 0 Å². The standard InChI is InChI=1S/C21H25FO2.C20H23FO2.C19H21FO2.C18H19FO2/c1-2-3-4-5-16-14-23-21(24-15-16)19-8-6-17(7-9-19)18-10-12-20(22)13-11-18;1-2-3-4-15-13-22-20(23-14-15)18-7-5-16(6-8-18)17-9-11-19(21)12-10-17;1-2-3-14-12-21-19(22-13-14)17-6-4-15(5-7-17)16-8-10-18(20)11-9-16;1-2-13-11-20-18(21-12-13)16-5-3-14(4-6-16)15-7-9-17(19)10-8-15/h6-13,16,21H,2-5,14-15H2,1H3;5-12,15,20H,2-4,13-14H2,1H3;4-11,14,19H,2-3,12-13H2,1H3;3-10,13,18H,2,11-12H2,1H3. The van der Waals surface area contributed by atoms with Crippen LogP contribution in [0.15, 0.2) is 194 Å². The molecule has 4 heterocycles. The third kappa shape index (κ3) is 20.6. The van der Waals surface area contributed by atoms with Gasteiger partial charge in [-0.2, -0.15) is 0 Å². The zero-order chi connectivity index (χ0) is 62.9. The van der Waals surface area contributed by atoms with Gasteiger partial charge in [-0.25, -0.2) is 17.6 Å². The van der Waals surface area contributed by atoms with Gasteiger partial charge in [-0.15, -0.1) is 0 Å². The molecule has 0 aromatic heterocycles. The van der Waals surface area contributed by atoms with Crippen molar-refractivity contribution < 1.29 is 55.5 Å². The zero-order valence-corrected chi connectivity index (χ0v) is 52.6. The summed E-state index contributed by atoms with van der Waals surface area (Å²) in [6, 6.07) is 58.5. The molecule has 90 heavy (non-hydrogen) atoms. The first-order chi connectivity index (χ1) is 44.0. The van der Waals surface area contributed by atoms with Crippen molar-refractivity contribution in [2.45, 2.75) is 117 Å². The van der Waals surface area contributed by atoms with Crippen LogP contribution in [0.1, 0.15) is 139 Å². The molecular formula is C78H88F4O8. The average Bonchev–Trinajstić information content (AvgIpc) is 3.66. The molecule has 8 aromatic rings. The second-order valence-electron chi connectivity index (χ2n) is 23.8. The van der Waals surface area contributed by atoms with Crippen molar-refractivity contribution in [2.24, 2.45) is 23.7 Å². The van der Waals surface area contributed by atoms with Gasteiger partial charge in [0.15, 0.2) is 25.2 Å². The summed E-state index contributed by atoms with van der Waals surface area (Å²) >= 11 is 0. The first-order valence-corrected chi connectivity index (χ1v) is 32.4. The molecule has 0 N–H and O–H groups in total. The van der Waals surface area contributed by atoms with E-state index in [-0.39, 0.29) is 48.4 Å². The van der Waals surface area contributed by atoms with Crippen LogP contribution in [0.25, 0.3) is 44.5 Å². The second-order valence-corrected chi connectivity index (χ2v) is 23.8. The molecule has 4 saturated heterocycles. The Morgan fingerprint density at radius 3 is 0.678 bits per heavy atom. The lowest BCUT2D eigenvalue weighted by molar-refractivity contribution is -0.206. The predicted molar refractivity (Wildman–Crippen MR) is 349 cm³/mol. The van der Waals surface area contributed by atoms with Crippen LogP contribution in [-0.4, -0.2) is 52.9 Å². The van der Waals surface area contributed by atoms with Crippen molar-refractivity contribution in [3.8, 4) is 44.5 Å². The van der Waals surface area contributed by atoms with Crippen LogP contribution >= 0.6 is 0 Å². The summed E-state index contributed by atoms with van der Waals surface area (Å²) < 4.78 is 98.6. The molecule has 0 amide bonds. The Balaban J connectivity index is 0.000000142. The number of benzene rings is 8. The highest BCUT2D eigenvalue weighted by atomic mass is 19.1. The highest BCUT2D eigenvalue weighted by Gasteiger charge is 2.27. The first kappa shape index (κ1) is 67.6. The SMILES string of the molecule is CCC1COC(c2ccc(-c3ccc(F)cc3)cc2)OC1.CCCC1COC(c2ccc(-c3ccc(F)cc3)cc2)OC1.CCCCC1COC(c2ccc(-c3ccc(F)cc3)cc2)OC1.CCCCCC1COC(c2ccc(-c3ccc(F)cc3)cc2)OC1. The van der Waals surface area contributed by atoms with Gasteiger partial charge in [0, 0.05) is 45.9 Å². The summed E-state index contributed by atoms with van der Waals surface area (Å²) in [6.07, 6.45) is 10.9. The average molecular weight is 1230 g/mol. The number of rotatable bonds is 18. The number of unbranched alkanes of at least 4 members (excludes halogenated alkanes) is 3. The topological polar surface area (TPSA) is 73.8 Å². The Morgan fingerprint density at radius 2 is 0.456 bits per heavy atom. The van der Waals surface area contributed by atoms with E-state index in [0.29, 0.717) is 23.7 Å². The van der Waals surface area contributed by atoms with Crippen molar-refractivity contribution in [1.29, 1.82) is 0 Å². The van der Waals surface area contributed by atoms with E-state index in [1.165, 1.54) is 93.5 Å². The monoisotopic (exact) mass is 1230 g/mol. The number of hydrogen-bond donors (Lipinski definition) is 0. The molecule has 0 saturated carbocycles. The maximum atomic E-state index is 13.0. The fourth-order valence-corrected chi connectivity index (χ4v) is 11.2. The molecule has 0 atom stereocenters. The van der Waals surface area contributed by atoms with Crippen molar-refractivity contribution in [3.63, 3.8) is 0 Å². The summed E-state index contributed by atoms with van der Waals surface area (Å²) in [4.78, 5) is 0. The van der Waals surface area contributed by atoms with Crippen molar-refractivity contribution in [2.75, 3.05) is 52.9 Å². The lowest BCUT2D eigenvalue weighted by Crippen LogP contribution is -2.27. The van der Waals surface area contributed by atoms with Gasteiger partial charge in [-0.05, 0) is 119 Å². The van der Waals surface area contributed by atoms with E-state index in [1.54, 1.807) is 48.5 Å². The Morgan fingerprint density at radius 1 is 0.244 bits per heavy atom. The third-order valence-electron chi connectivity index (χ3n) is 16.8. The van der Waals surface area contributed by atoms with Gasteiger partial charge in [0.1, 0.15) is 23.3 Å². The molecule has 12 heteroatoms. The molecular weight excluding hydrogens is 1140 g/mol. The lowest BCUT2D eigenvalue weighted by atomic mass is 10.0. The van der Waals surface area contributed by atoms with Crippen LogP contribution in [0.2, 0.25) is 0 Å². The van der Waals surface area contributed by atoms with Crippen LogP contribution in [0, 0.1) is 46.9 Å². The van der Waals surface area contributed by atoms with Crippen molar-refractivity contribution in [3.05, 3.63) is 240 Å². The molecule has 0 spiro atoms. The highest BCUT2D eigenvalue weighted by molar-refractivity contribution is 5.66. The summed E-state index contributed by atoms with van der Waals surface area (Å²) in [6.45, 7) is 14.9. The maximum Gasteiger partial charge on any atom is 0.183 e. The summed E-state index contributed by atoms with van der Waals surface area (Å²) in [5, 5.41) is 0. The summed E-state index contributed by atoms with van der Waals surface area (Å²) in [5.74, 6) is 1.19. The molecule has 0 radical (unpaired) electrons. The number of ether oxygens (including phenoxy) is 8. The molecule has 8 aromatic carbocycles. The minimum absolute atomic E-state index is 0.215. The minimum Gasteiger partial charge on any atom is -0.348 e. The summed E-state index contributed by atoms with van der Waals surface area (Å²) in [7, 11) is 0.